The number of amides is 1. The average Bonchev–Trinajstić information content (AvgIpc) is 3.29. The van der Waals surface area contributed by atoms with E-state index in [1.807, 2.05) is 4.98 Å². The van der Waals surface area contributed by atoms with Gasteiger partial charge in [0, 0.05) is 6.54 Å². The van der Waals surface area contributed by atoms with E-state index in [1.54, 1.807) is 12.1 Å². The molecule has 1 aromatic heterocycles. The molecular formula is C15H15FN4O3. The average molecular weight is 318 g/mol. The number of nitrogens with one attached hydrogen (secondary N) is 3. The minimum atomic E-state index is -0.797. The maximum absolute atomic E-state index is 12.9. The largest absolute Gasteiger partial charge is 0.392 e. The van der Waals surface area contributed by atoms with Crippen molar-refractivity contribution in [1.82, 2.24) is 15.3 Å². The third kappa shape index (κ3) is 3.15. The maximum atomic E-state index is 12.9. The van der Waals surface area contributed by atoms with Gasteiger partial charge in [-0.2, -0.15) is 0 Å². The predicted octanol–water partition coefficient (Wildman–Crippen LogP) is 0.318. The van der Waals surface area contributed by atoms with E-state index in [9.17, 15) is 18.8 Å². The molecule has 1 aliphatic carbocycles. The maximum Gasteiger partial charge on any atom is 0.326 e. The molecule has 1 saturated carbocycles. The van der Waals surface area contributed by atoms with Crippen LogP contribution in [0.3, 0.4) is 0 Å². The second-order valence-electron chi connectivity index (χ2n) is 5.56. The number of nitrogen functional groups attached to an aromatic ring is 1. The topological polar surface area (TPSA) is 121 Å². The first-order chi connectivity index (χ1) is 11.0. The van der Waals surface area contributed by atoms with Crippen molar-refractivity contribution in [3.63, 3.8) is 0 Å². The van der Waals surface area contributed by atoms with E-state index in [0.717, 1.165) is 12.0 Å². The summed E-state index contributed by atoms with van der Waals surface area (Å²) < 4.78 is 12.9. The number of halogens is 1. The number of H-pyrrole nitrogens is 2. The van der Waals surface area contributed by atoms with E-state index >= 15 is 0 Å². The standard InChI is InChI=1S/C15H15FN4O3/c16-9-3-1-7(2-4-9)10-5-8(10)6-18-14(22)12-11(17)13(21)20-15(23)19-12/h1-4,8,10H,5-6,17H2,(H,18,22)(H2,19,20,21,23)/t8-,10?/m1/s1. The minimum Gasteiger partial charge on any atom is -0.392 e. The van der Waals surface area contributed by atoms with Crippen LogP contribution in [0.4, 0.5) is 10.1 Å². The van der Waals surface area contributed by atoms with Gasteiger partial charge in [-0.1, -0.05) is 12.1 Å². The number of benzene rings is 1. The molecule has 0 saturated heterocycles. The van der Waals surface area contributed by atoms with Gasteiger partial charge in [0.25, 0.3) is 11.5 Å². The van der Waals surface area contributed by atoms with Gasteiger partial charge in [0.05, 0.1) is 0 Å². The van der Waals surface area contributed by atoms with Crippen LogP contribution in [0.2, 0.25) is 0 Å². The summed E-state index contributed by atoms with van der Waals surface area (Å²) in [7, 11) is 0. The van der Waals surface area contributed by atoms with Crippen molar-refractivity contribution in [2.75, 3.05) is 12.3 Å². The highest BCUT2D eigenvalue weighted by molar-refractivity contribution is 5.96. The summed E-state index contributed by atoms with van der Waals surface area (Å²) in [5.41, 5.74) is 4.37. The first-order valence-electron chi connectivity index (χ1n) is 7.11. The number of nitrogens with two attached hydrogens (primary N) is 1. The lowest BCUT2D eigenvalue weighted by molar-refractivity contribution is 0.0947. The highest BCUT2D eigenvalue weighted by Gasteiger charge is 2.38. The van der Waals surface area contributed by atoms with E-state index in [0.29, 0.717) is 6.54 Å². The van der Waals surface area contributed by atoms with Gasteiger partial charge in [0.15, 0.2) is 0 Å². The summed E-state index contributed by atoms with van der Waals surface area (Å²) in [5.74, 6) is -0.380. The molecule has 3 rings (SSSR count). The number of hydrogen-bond acceptors (Lipinski definition) is 4. The molecule has 5 N–H and O–H groups in total. The van der Waals surface area contributed by atoms with Gasteiger partial charge in [-0.15, -0.1) is 0 Å². The smallest absolute Gasteiger partial charge is 0.326 e. The minimum absolute atomic E-state index is 0.236. The lowest BCUT2D eigenvalue weighted by Gasteiger charge is -2.06. The molecule has 2 atom stereocenters. The third-order valence-electron chi connectivity index (χ3n) is 3.95. The fourth-order valence-corrected chi connectivity index (χ4v) is 2.58. The van der Waals surface area contributed by atoms with Crippen molar-refractivity contribution in [2.45, 2.75) is 12.3 Å². The Labute approximate surface area is 129 Å². The van der Waals surface area contributed by atoms with Crippen molar-refractivity contribution in [3.8, 4) is 0 Å². The summed E-state index contributed by atoms with van der Waals surface area (Å²) in [4.78, 5) is 38.8. The Bertz CT molecular complexity index is 856. The van der Waals surface area contributed by atoms with Gasteiger partial charge in [-0.05, 0) is 36.0 Å². The van der Waals surface area contributed by atoms with E-state index in [-0.39, 0.29) is 29.0 Å². The summed E-state index contributed by atoms with van der Waals surface area (Å²) in [6, 6.07) is 6.28. The molecule has 1 unspecified atom stereocenters. The van der Waals surface area contributed by atoms with Gasteiger partial charge in [-0.3, -0.25) is 14.6 Å². The normalized spacial score (nSPS) is 19.3. The van der Waals surface area contributed by atoms with Crippen molar-refractivity contribution in [2.24, 2.45) is 5.92 Å². The molecule has 2 aromatic rings. The van der Waals surface area contributed by atoms with Gasteiger partial charge in [-0.25, -0.2) is 9.18 Å². The molecule has 1 aromatic carbocycles. The van der Waals surface area contributed by atoms with Crippen LogP contribution in [-0.2, 0) is 0 Å². The Morgan fingerprint density at radius 1 is 1.26 bits per heavy atom. The van der Waals surface area contributed by atoms with E-state index < -0.39 is 17.2 Å². The van der Waals surface area contributed by atoms with E-state index in [1.165, 1.54) is 12.1 Å². The van der Waals surface area contributed by atoms with Crippen LogP contribution in [0.15, 0.2) is 33.9 Å². The molecule has 120 valence electrons. The number of carbonyl (C=O) groups excluding carboxylic acids is 1. The summed E-state index contributed by atoms with van der Waals surface area (Å²) in [6.07, 6.45) is 0.882. The molecule has 1 fully saturated rings. The molecule has 8 heteroatoms. The Kier molecular flexibility index (Phi) is 3.73. The molecule has 7 nitrogen and oxygen atoms in total. The molecule has 1 heterocycles. The van der Waals surface area contributed by atoms with E-state index in [2.05, 4.69) is 10.3 Å². The summed E-state index contributed by atoms with van der Waals surface area (Å²) >= 11 is 0. The molecular weight excluding hydrogens is 303 g/mol. The molecule has 0 spiro atoms. The second kappa shape index (κ2) is 5.71. The zero-order valence-corrected chi connectivity index (χ0v) is 12.1. The third-order valence-corrected chi connectivity index (χ3v) is 3.95. The van der Waals surface area contributed by atoms with Gasteiger partial charge in [0.2, 0.25) is 0 Å². The lowest BCUT2D eigenvalue weighted by Crippen LogP contribution is -2.34. The van der Waals surface area contributed by atoms with Gasteiger partial charge in [0.1, 0.15) is 17.2 Å². The van der Waals surface area contributed by atoms with Crippen molar-refractivity contribution in [3.05, 3.63) is 62.2 Å². The van der Waals surface area contributed by atoms with Crippen molar-refractivity contribution in [1.29, 1.82) is 0 Å². The lowest BCUT2D eigenvalue weighted by atomic mass is 10.1. The van der Waals surface area contributed by atoms with Crippen LogP contribution >= 0.6 is 0 Å². The fraction of sp³-hybridized carbons (Fsp3) is 0.267. The van der Waals surface area contributed by atoms with Gasteiger partial charge >= 0.3 is 5.69 Å². The Morgan fingerprint density at radius 2 is 1.96 bits per heavy atom. The van der Waals surface area contributed by atoms with Crippen LogP contribution in [0.25, 0.3) is 0 Å². The molecule has 0 radical (unpaired) electrons. The summed E-state index contributed by atoms with van der Waals surface area (Å²) in [6.45, 7) is 0.384. The van der Waals surface area contributed by atoms with Crippen molar-refractivity contribution >= 4 is 11.6 Å². The number of aromatic amines is 2. The van der Waals surface area contributed by atoms with E-state index in [4.69, 9.17) is 5.73 Å². The van der Waals surface area contributed by atoms with Crippen LogP contribution in [0, 0.1) is 11.7 Å². The highest BCUT2D eigenvalue weighted by Crippen LogP contribution is 2.46. The number of anilines is 1. The molecule has 1 aliphatic rings. The number of carbonyl (C=O) groups is 1. The zero-order chi connectivity index (χ0) is 16.6. The second-order valence-corrected chi connectivity index (χ2v) is 5.56. The van der Waals surface area contributed by atoms with Crippen LogP contribution in [0.5, 0.6) is 0 Å². The number of hydrogen-bond donors (Lipinski definition) is 4. The zero-order valence-electron chi connectivity index (χ0n) is 12.1. The van der Waals surface area contributed by atoms with Crippen LogP contribution in [0.1, 0.15) is 28.4 Å². The van der Waals surface area contributed by atoms with Crippen LogP contribution in [-0.4, -0.2) is 22.4 Å². The number of aromatic nitrogens is 2. The molecule has 23 heavy (non-hydrogen) atoms. The molecule has 0 bridgehead atoms. The Morgan fingerprint density at radius 3 is 2.65 bits per heavy atom. The highest BCUT2D eigenvalue weighted by atomic mass is 19.1. The van der Waals surface area contributed by atoms with Crippen molar-refractivity contribution < 1.29 is 9.18 Å². The van der Waals surface area contributed by atoms with Gasteiger partial charge < -0.3 is 16.0 Å². The summed E-state index contributed by atoms with van der Waals surface area (Å²) in [5, 5.41) is 2.65. The first kappa shape index (κ1) is 15.0. The predicted molar refractivity (Wildman–Crippen MR) is 81.7 cm³/mol. The molecule has 1 amide bonds. The SMILES string of the molecule is Nc1c(C(=O)NC[C@H]2CC2c2ccc(F)cc2)[nH]c(=O)[nH]c1=O. The first-order valence-corrected chi connectivity index (χ1v) is 7.11. The van der Waals surface area contributed by atoms with Crippen LogP contribution < -0.4 is 22.3 Å². The Balaban J connectivity index is 1.62. The quantitative estimate of drug-likeness (QED) is 0.648. The fourth-order valence-electron chi connectivity index (χ4n) is 2.58. The number of rotatable bonds is 4. The Hall–Kier alpha value is -2.90. The monoisotopic (exact) mass is 318 g/mol. The molecule has 0 aliphatic heterocycles.